The fraction of sp³-hybridized carbons (Fsp3) is 0.625. The fourth-order valence-corrected chi connectivity index (χ4v) is 3.38. The summed E-state index contributed by atoms with van der Waals surface area (Å²) in [4.78, 5) is 31.3. The Morgan fingerprint density at radius 2 is 2.05 bits per heavy atom. The number of carbonyl (C=O) groups is 2. The van der Waals surface area contributed by atoms with Crippen molar-refractivity contribution in [1.29, 1.82) is 0 Å². The topological polar surface area (TPSA) is 56.4 Å². The van der Waals surface area contributed by atoms with Gasteiger partial charge in [0.2, 0.25) is 5.91 Å². The highest BCUT2D eigenvalue weighted by Crippen LogP contribution is 2.23. The van der Waals surface area contributed by atoms with Gasteiger partial charge in [0.25, 0.3) is 5.91 Å². The third kappa shape index (κ3) is 2.82. The fourth-order valence-electron chi connectivity index (χ4n) is 3.38. The van der Waals surface area contributed by atoms with Gasteiger partial charge in [-0.3, -0.25) is 9.59 Å². The van der Waals surface area contributed by atoms with Crippen LogP contribution in [0.15, 0.2) is 12.1 Å². The molecule has 0 aliphatic carbocycles. The first-order chi connectivity index (χ1) is 10.2. The standard InChI is InChI=1S/C16H23N3O2/c1-2-12-5-6-14(17-12)16(21)18-10-7-13(8-11-18)19-9-3-4-15(19)20/h5-6,13,17H,2-4,7-11H2,1H3. The van der Waals surface area contributed by atoms with Gasteiger partial charge in [-0.15, -0.1) is 0 Å². The summed E-state index contributed by atoms with van der Waals surface area (Å²) in [5, 5.41) is 0. The molecule has 0 unspecified atom stereocenters. The summed E-state index contributed by atoms with van der Waals surface area (Å²) < 4.78 is 0. The summed E-state index contributed by atoms with van der Waals surface area (Å²) in [6.07, 6.45) is 4.39. The van der Waals surface area contributed by atoms with E-state index in [2.05, 4.69) is 11.9 Å². The zero-order valence-corrected chi connectivity index (χ0v) is 12.6. The number of hydrogen-bond donors (Lipinski definition) is 1. The van der Waals surface area contributed by atoms with Crippen LogP contribution < -0.4 is 0 Å². The van der Waals surface area contributed by atoms with Gasteiger partial charge in [-0.1, -0.05) is 6.92 Å². The lowest BCUT2D eigenvalue weighted by molar-refractivity contribution is -0.130. The van der Waals surface area contributed by atoms with E-state index in [4.69, 9.17) is 0 Å². The van der Waals surface area contributed by atoms with Crippen molar-refractivity contribution in [3.05, 3.63) is 23.5 Å². The molecule has 0 saturated carbocycles. The summed E-state index contributed by atoms with van der Waals surface area (Å²) in [6, 6.07) is 4.18. The third-order valence-corrected chi connectivity index (χ3v) is 4.66. The van der Waals surface area contributed by atoms with Gasteiger partial charge in [0.15, 0.2) is 0 Å². The molecule has 0 atom stereocenters. The highest BCUT2D eigenvalue weighted by molar-refractivity contribution is 5.92. The number of nitrogens with one attached hydrogen (secondary N) is 1. The van der Waals surface area contributed by atoms with Crippen molar-refractivity contribution >= 4 is 11.8 Å². The van der Waals surface area contributed by atoms with Gasteiger partial charge in [0, 0.05) is 37.8 Å². The molecule has 21 heavy (non-hydrogen) atoms. The summed E-state index contributed by atoms with van der Waals surface area (Å²) in [7, 11) is 0. The number of H-pyrrole nitrogens is 1. The van der Waals surface area contributed by atoms with Crippen molar-refractivity contribution in [2.75, 3.05) is 19.6 Å². The van der Waals surface area contributed by atoms with Gasteiger partial charge >= 0.3 is 0 Å². The smallest absolute Gasteiger partial charge is 0.270 e. The molecule has 114 valence electrons. The third-order valence-electron chi connectivity index (χ3n) is 4.66. The second-order valence-electron chi connectivity index (χ2n) is 5.96. The number of carbonyl (C=O) groups excluding carboxylic acids is 2. The molecule has 1 N–H and O–H groups in total. The van der Waals surface area contributed by atoms with Gasteiger partial charge < -0.3 is 14.8 Å². The number of aromatic amines is 1. The second kappa shape index (κ2) is 5.92. The van der Waals surface area contributed by atoms with E-state index in [1.165, 1.54) is 0 Å². The van der Waals surface area contributed by atoms with Crippen LogP contribution in [0.1, 0.15) is 48.8 Å². The Balaban J connectivity index is 1.57. The quantitative estimate of drug-likeness (QED) is 0.922. The average Bonchev–Trinajstić information content (AvgIpc) is 3.15. The highest BCUT2D eigenvalue weighted by atomic mass is 16.2. The maximum absolute atomic E-state index is 12.4. The van der Waals surface area contributed by atoms with Crippen molar-refractivity contribution in [2.45, 2.75) is 45.1 Å². The van der Waals surface area contributed by atoms with Gasteiger partial charge in [-0.2, -0.15) is 0 Å². The molecule has 2 aliphatic rings. The molecule has 1 aromatic heterocycles. The molecule has 0 radical (unpaired) electrons. The van der Waals surface area contributed by atoms with Gasteiger partial charge in [0.1, 0.15) is 5.69 Å². The van der Waals surface area contributed by atoms with Crippen LogP contribution in [0.2, 0.25) is 0 Å². The van der Waals surface area contributed by atoms with Crippen LogP contribution in [0.25, 0.3) is 0 Å². The molecule has 2 fully saturated rings. The number of hydrogen-bond acceptors (Lipinski definition) is 2. The number of likely N-dealkylation sites (tertiary alicyclic amines) is 2. The van der Waals surface area contributed by atoms with Crippen LogP contribution >= 0.6 is 0 Å². The normalized spacial score (nSPS) is 20.3. The maximum atomic E-state index is 12.4. The lowest BCUT2D eigenvalue weighted by Crippen LogP contribution is -2.47. The first-order valence-corrected chi connectivity index (χ1v) is 7.95. The SMILES string of the molecule is CCc1ccc(C(=O)N2CCC(N3CCCC3=O)CC2)[nH]1. The van der Waals surface area contributed by atoms with Crippen molar-refractivity contribution in [3.63, 3.8) is 0 Å². The molecule has 0 bridgehead atoms. The molecule has 3 rings (SSSR count). The highest BCUT2D eigenvalue weighted by Gasteiger charge is 2.32. The number of rotatable bonds is 3. The Morgan fingerprint density at radius 3 is 2.62 bits per heavy atom. The molecule has 5 heteroatoms. The Hall–Kier alpha value is -1.78. The van der Waals surface area contributed by atoms with Crippen LogP contribution in [0.5, 0.6) is 0 Å². The van der Waals surface area contributed by atoms with E-state index in [9.17, 15) is 9.59 Å². The first-order valence-electron chi connectivity index (χ1n) is 7.95. The minimum atomic E-state index is 0.0842. The lowest BCUT2D eigenvalue weighted by atomic mass is 10.0. The van der Waals surface area contributed by atoms with Crippen molar-refractivity contribution in [2.24, 2.45) is 0 Å². The van der Waals surface area contributed by atoms with E-state index >= 15 is 0 Å². The lowest BCUT2D eigenvalue weighted by Gasteiger charge is -2.36. The maximum Gasteiger partial charge on any atom is 0.270 e. The van der Waals surface area contributed by atoms with E-state index in [0.717, 1.165) is 51.0 Å². The van der Waals surface area contributed by atoms with E-state index in [0.29, 0.717) is 18.2 Å². The largest absolute Gasteiger partial charge is 0.354 e. The predicted molar refractivity (Wildman–Crippen MR) is 80.0 cm³/mol. The molecule has 5 nitrogen and oxygen atoms in total. The van der Waals surface area contributed by atoms with Gasteiger partial charge in [0.05, 0.1) is 0 Å². The molecule has 2 amide bonds. The van der Waals surface area contributed by atoms with E-state index in [1.54, 1.807) is 0 Å². The summed E-state index contributed by atoms with van der Waals surface area (Å²) in [5.41, 5.74) is 1.78. The molecule has 0 aromatic carbocycles. The number of nitrogens with zero attached hydrogens (tertiary/aromatic N) is 2. The van der Waals surface area contributed by atoms with E-state index in [1.807, 2.05) is 21.9 Å². The van der Waals surface area contributed by atoms with E-state index in [-0.39, 0.29) is 11.8 Å². The molecule has 0 spiro atoms. The Labute approximate surface area is 125 Å². The number of amides is 2. The number of aromatic nitrogens is 1. The number of piperidine rings is 1. The molecule has 3 heterocycles. The van der Waals surface area contributed by atoms with Crippen molar-refractivity contribution in [3.8, 4) is 0 Å². The monoisotopic (exact) mass is 289 g/mol. The number of aryl methyl sites for hydroxylation is 1. The van der Waals surface area contributed by atoms with Gasteiger partial charge in [-0.05, 0) is 37.8 Å². The minimum Gasteiger partial charge on any atom is -0.354 e. The zero-order chi connectivity index (χ0) is 14.8. The molecule has 2 aliphatic heterocycles. The molecular weight excluding hydrogens is 266 g/mol. The molecule has 1 aromatic rings. The molecular formula is C16H23N3O2. The Morgan fingerprint density at radius 1 is 1.29 bits per heavy atom. The van der Waals surface area contributed by atoms with Gasteiger partial charge in [-0.25, -0.2) is 0 Å². The van der Waals surface area contributed by atoms with Crippen LogP contribution in [-0.2, 0) is 11.2 Å². The zero-order valence-electron chi connectivity index (χ0n) is 12.6. The minimum absolute atomic E-state index is 0.0842. The second-order valence-corrected chi connectivity index (χ2v) is 5.96. The summed E-state index contributed by atoms with van der Waals surface area (Å²) >= 11 is 0. The van der Waals surface area contributed by atoms with Crippen LogP contribution in [0, 0.1) is 0 Å². The predicted octanol–water partition coefficient (Wildman–Crippen LogP) is 1.80. The first kappa shape index (κ1) is 14.2. The van der Waals surface area contributed by atoms with Crippen LogP contribution in [0.3, 0.4) is 0 Å². The Bertz CT molecular complexity index is 529. The summed E-state index contributed by atoms with van der Waals surface area (Å²) in [6.45, 7) is 4.45. The summed E-state index contributed by atoms with van der Waals surface area (Å²) in [5.74, 6) is 0.373. The average molecular weight is 289 g/mol. The van der Waals surface area contributed by atoms with Crippen molar-refractivity contribution < 1.29 is 9.59 Å². The van der Waals surface area contributed by atoms with Crippen LogP contribution in [0.4, 0.5) is 0 Å². The van der Waals surface area contributed by atoms with E-state index < -0.39 is 0 Å². The Kier molecular flexibility index (Phi) is 3.99. The molecule has 2 saturated heterocycles. The van der Waals surface area contributed by atoms with Crippen molar-refractivity contribution in [1.82, 2.24) is 14.8 Å². The van der Waals surface area contributed by atoms with Crippen LogP contribution in [-0.4, -0.2) is 52.3 Å².